The Morgan fingerprint density at radius 1 is 1.21 bits per heavy atom. The number of nitrogens with zero attached hydrogens (tertiary/aromatic N) is 4. The summed E-state index contributed by atoms with van der Waals surface area (Å²) in [6.07, 6.45) is 6.72. The van der Waals surface area contributed by atoms with Crippen molar-refractivity contribution in [2.75, 3.05) is 20.2 Å². The third-order valence-electron chi connectivity index (χ3n) is 5.41. The number of nitrogens with one attached hydrogen (secondary N) is 1. The first-order valence-corrected chi connectivity index (χ1v) is 9.93. The summed E-state index contributed by atoms with van der Waals surface area (Å²) in [5.74, 6) is 3.07. The van der Waals surface area contributed by atoms with Gasteiger partial charge in [-0.1, -0.05) is 12.1 Å². The summed E-state index contributed by atoms with van der Waals surface area (Å²) in [5.41, 5.74) is 1.95. The number of piperidine rings is 1. The van der Waals surface area contributed by atoms with Crippen molar-refractivity contribution in [2.24, 2.45) is 5.92 Å². The molecule has 0 unspecified atom stereocenters. The molecule has 1 aliphatic heterocycles. The number of carbonyl (C=O) groups excluding carboxylic acids is 1. The van der Waals surface area contributed by atoms with E-state index in [-0.39, 0.29) is 5.91 Å². The van der Waals surface area contributed by atoms with Gasteiger partial charge in [0.05, 0.1) is 13.5 Å². The van der Waals surface area contributed by atoms with E-state index in [1.165, 1.54) is 0 Å². The molecule has 4 rings (SSSR count). The van der Waals surface area contributed by atoms with Crippen LogP contribution < -0.4 is 4.74 Å². The van der Waals surface area contributed by atoms with Crippen molar-refractivity contribution < 1.29 is 9.53 Å². The first kappa shape index (κ1) is 19.1. The topological polar surface area (TPSA) is 84.0 Å². The molecule has 1 aromatic carbocycles. The average Bonchev–Trinajstić information content (AvgIpc) is 3.23. The van der Waals surface area contributed by atoms with Crippen LogP contribution in [-0.2, 0) is 17.6 Å². The highest BCUT2D eigenvalue weighted by atomic mass is 16.5. The van der Waals surface area contributed by atoms with Crippen LogP contribution in [0.3, 0.4) is 0 Å². The van der Waals surface area contributed by atoms with Crippen LogP contribution in [0, 0.1) is 5.92 Å². The zero-order chi connectivity index (χ0) is 20.1. The predicted molar refractivity (Wildman–Crippen MR) is 109 cm³/mol. The predicted octanol–water partition coefficient (Wildman–Crippen LogP) is 2.90. The molecule has 2 aromatic heterocycles. The summed E-state index contributed by atoms with van der Waals surface area (Å²) in [6.45, 7) is 1.58. The fourth-order valence-corrected chi connectivity index (χ4v) is 3.75. The van der Waals surface area contributed by atoms with E-state index in [4.69, 9.17) is 4.74 Å². The van der Waals surface area contributed by atoms with Gasteiger partial charge in [0.2, 0.25) is 5.91 Å². The molecule has 0 aliphatic carbocycles. The van der Waals surface area contributed by atoms with Gasteiger partial charge in [0.25, 0.3) is 0 Å². The Kier molecular flexibility index (Phi) is 5.84. The molecule has 7 nitrogen and oxygen atoms in total. The molecule has 1 fully saturated rings. The van der Waals surface area contributed by atoms with Gasteiger partial charge in [0.15, 0.2) is 5.82 Å². The molecule has 1 N–H and O–H groups in total. The van der Waals surface area contributed by atoms with Crippen molar-refractivity contribution in [3.05, 3.63) is 60.2 Å². The van der Waals surface area contributed by atoms with Crippen LogP contribution in [0.4, 0.5) is 0 Å². The molecule has 0 spiro atoms. The maximum Gasteiger partial charge on any atom is 0.226 e. The van der Waals surface area contributed by atoms with Crippen molar-refractivity contribution in [3.8, 4) is 17.1 Å². The van der Waals surface area contributed by atoms with Crippen molar-refractivity contribution in [3.63, 3.8) is 0 Å². The SMILES string of the molecule is COc1cccc(CC(=O)N2CCC(Cc3nc(-c4ccncc4)n[nH]3)CC2)c1. The highest BCUT2D eigenvalue weighted by Gasteiger charge is 2.24. The first-order chi connectivity index (χ1) is 14.2. The zero-order valence-electron chi connectivity index (χ0n) is 16.5. The number of carbonyl (C=O) groups is 1. The zero-order valence-corrected chi connectivity index (χ0v) is 16.5. The minimum atomic E-state index is 0.177. The summed E-state index contributed by atoms with van der Waals surface area (Å²) < 4.78 is 5.24. The van der Waals surface area contributed by atoms with Crippen LogP contribution in [-0.4, -0.2) is 51.2 Å². The average molecular weight is 391 g/mol. The van der Waals surface area contributed by atoms with Gasteiger partial charge >= 0.3 is 0 Å². The summed E-state index contributed by atoms with van der Waals surface area (Å²) in [4.78, 5) is 23.3. The Morgan fingerprint density at radius 3 is 2.76 bits per heavy atom. The Balaban J connectivity index is 1.28. The first-order valence-electron chi connectivity index (χ1n) is 9.93. The second-order valence-corrected chi connectivity index (χ2v) is 7.40. The summed E-state index contributed by atoms with van der Waals surface area (Å²) in [6, 6.07) is 11.5. The van der Waals surface area contributed by atoms with E-state index < -0.39 is 0 Å². The molecule has 7 heteroatoms. The largest absolute Gasteiger partial charge is 0.497 e. The van der Waals surface area contributed by atoms with Gasteiger partial charge in [-0.25, -0.2) is 4.98 Å². The lowest BCUT2D eigenvalue weighted by atomic mass is 9.93. The van der Waals surface area contributed by atoms with E-state index >= 15 is 0 Å². The second kappa shape index (κ2) is 8.86. The van der Waals surface area contributed by atoms with E-state index in [9.17, 15) is 4.79 Å². The van der Waals surface area contributed by atoms with Crippen molar-refractivity contribution in [2.45, 2.75) is 25.7 Å². The number of rotatable bonds is 6. The molecule has 3 heterocycles. The van der Waals surface area contributed by atoms with E-state index in [1.54, 1.807) is 19.5 Å². The molecular weight excluding hydrogens is 366 g/mol. The highest BCUT2D eigenvalue weighted by Crippen LogP contribution is 2.22. The summed E-state index contributed by atoms with van der Waals surface area (Å²) in [5, 5.41) is 7.37. The van der Waals surface area contributed by atoms with E-state index in [0.29, 0.717) is 18.2 Å². The lowest BCUT2D eigenvalue weighted by molar-refractivity contribution is -0.131. The Hall–Kier alpha value is -3.22. The van der Waals surface area contributed by atoms with Gasteiger partial charge in [-0.15, -0.1) is 0 Å². The summed E-state index contributed by atoms with van der Waals surface area (Å²) in [7, 11) is 1.64. The number of hydrogen-bond donors (Lipinski definition) is 1. The number of aromatic nitrogens is 4. The maximum atomic E-state index is 12.6. The molecular formula is C22H25N5O2. The number of amides is 1. The van der Waals surface area contributed by atoms with Gasteiger partial charge in [-0.2, -0.15) is 5.10 Å². The second-order valence-electron chi connectivity index (χ2n) is 7.40. The minimum Gasteiger partial charge on any atom is -0.497 e. The molecule has 1 aliphatic rings. The number of pyridine rings is 1. The van der Waals surface area contributed by atoms with Crippen LogP contribution >= 0.6 is 0 Å². The van der Waals surface area contributed by atoms with E-state index in [1.807, 2.05) is 41.3 Å². The molecule has 1 saturated heterocycles. The number of aromatic amines is 1. The van der Waals surface area contributed by atoms with Crippen LogP contribution in [0.15, 0.2) is 48.8 Å². The number of H-pyrrole nitrogens is 1. The van der Waals surface area contributed by atoms with Gasteiger partial charge in [-0.3, -0.25) is 14.9 Å². The normalized spacial score (nSPS) is 14.7. The molecule has 0 radical (unpaired) electrons. The molecule has 3 aromatic rings. The molecule has 150 valence electrons. The Morgan fingerprint density at radius 2 is 2.00 bits per heavy atom. The highest BCUT2D eigenvalue weighted by molar-refractivity contribution is 5.79. The molecule has 0 atom stereocenters. The molecule has 0 bridgehead atoms. The number of ether oxygens (including phenoxy) is 1. The van der Waals surface area contributed by atoms with Crippen LogP contribution in [0.25, 0.3) is 11.4 Å². The molecule has 0 saturated carbocycles. The monoisotopic (exact) mass is 391 g/mol. The van der Waals surface area contributed by atoms with E-state index in [0.717, 1.165) is 55.1 Å². The smallest absolute Gasteiger partial charge is 0.226 e. The lowest BCUT2D eigenvalue weighted by Crippen LogP contribution is -2.39. The fraction of sp³-hybridized carbons (Fsp3) is 0.364. The summed E-state index contributed by atoms with van der Waals surface area (Å²) >= 11 is 0. The van der Waals surface area contributed by atoms with Gasteiger partial charge in [0.1, 0.15) is 11.6 Å². The van der Waals surface area contributed by atoms with Crippen molar-refractivity contribution in [1.82, 2.24) is 25.1 Å². The lowest BCUT2D eigenvalue weighted by Gasteiger charge is -2.31. The third-order valence-corrected chi connectivity index (χ3v) is 5.41. The Labute approximate surface area is 170 Å². The standard InChI is InChI=1S/C22H25N5O2/c1-29-19-4-2-3-17(13-19)15-21(28)27-11-7-16(8-12-27)14-20-24-22(26-25-20)18-5-9-23-10-6-18/h2-6,9-10,13,16H,7-8,11-12,14-15H2,1H3,(H,24,25,26). The van der Waals surface area contributed by atoms with Crippen molar-refractivity contribution in [1.29, 1.82) is 0 Å². The van der Waals surface area contributed by atoms with Gasteiger partial charge in [-0.05, 0) is 48.6 Å². The quantitative estimate of drug-likeness (QED) is 0.698. The van der Waals surface area contributed by atoms with Gasteiger partial charge < -0.3 is 9.64 Å². The van der Waals surface area contributed by atoms with Crippen LogP contribution in [0.5, 0.6) is 5.75 Å². The minimum absolute atomic E-state index is 0.177. The van der Waals surface area contributed by atoms with Crippen LogP contribution in [0.2, 0.25) is 0 Å². The van der Waals surface area contributed by atoms with Crippen molar-refractivity contribution >= 4 is 5.91 Å². The van der Waals surface area contributed by atoms with Crippen LogP contribution in [0.1, 0.15) is 24.2 Å². The molecule has 1 amide bonds. The molecule has 29 heavy (non-hydrogen) atoms. The number of hydrogen-bond acceptors (Lipinski definition) is 5. The number of likely N-dealkylation sites (tertiary alicyclic amines) is 1. The number of benzene rings is 1. The van der Waals surface area contributed by atoms with Gasteiger partial charge in [0, 0.05) is 37.5 Å². The van der Waals surface area contributed by atoms with E-state index in [2.05, 4.69) is 20.2 Å². The number of methoxy groups -OCH3 is 1. The third kappa shape index (κ3) is 4.80. The Bertz CT molecular complexity index is 949. The maximum absolute atomic E-state index is 12.6. The fourth-order valence-electron chi connectivity index (χ4n) is 3.75.